The van der Waals surface area contributed by atoms with Gasteiger partial charge in [-0.3, -0.25) is 14.5 Å². The lowest BCUT2D eigenvalue weighted by molar-refractivity contribution is 0.124. The van der Waals surface area contributed by atoms with Gasteiger partial charge in [-0.25, -0.2) is 9.97 Å². The summed E-state index contributed by atoms with van der Waals surface area (Å²) < 4.78 is 1.87. The lowest BCUT2D eigenvalue weighted by atomic mass is 9.96. The summed E-state index contributed by atoms with van der Waals surface area (Å²) in [7, 11) is 1.97. The molecule has 3 aromatic heterocycles. The van der Waals surface area contributed by atoms with Gasteiger partial charge in [0, 0.05) is 70.6 Å². The first-order valence-corrected chi connectivity index (χ1v) is 11.5. The van der Waals surface area contributed by atoms with Crippen LogP contribution in [0, 0.1) is 12.8 Å². The third-order valence-electron chi connectivity index (χ3n) is 6.79. The van der Waals surface area contributed by atoms with Crippen LogP contribution in [0.3, 0.4) is 0 Å². The van der Waals surface area contributed by atoms with Crippen LogP contribution < -0.4 is 4.90 Å². The molecule has 0 N–H and O–H groups in total. The van der Waals surface area contributed by atoms with E-state index in [2.05, 4.69) is 54.9 Å². The first-order chi connectivity index (χ1) is 15.2. The third-order valence-corrected chi connectivity index (χ3v) is 6.79. The number of hydrogen-bond acceptors (Lipinski definition) is 6. The maximum absolute atomic E-state index is 4.67. The molecule has 0 aromatic carbocycles. The molecule has 5 heterocycles. The Labute approximate surface area is 184 Å². The van der Waals surface area contributed by atoms with Crippen molar-refractivity contribution in [3.63, 3.8) is 0 Å². The van der Waals surface area contributed by atoms with Crippen LogP contribution >= 0.6 is 0 Å². The van der Waals surface area contributed by atoms with Gasteiger partial charge in [-0.1, -0.05) is 6.07 Å². The Kier molecular flexibility index (Phi) is 5.87. The van der Waals surface area contributed by atoms with Crippen molar-refractivity contribution < 1.29 is 0 Å². The molecule has 7 heteroatoms. The maximum Gasteiger partial charge on any atom is 0.157 e. The second-order valence-corrected chi connectivity index (χ2v) is 9.14. The maximum atomic E-state index is 4.67. The molecule has 0 aliphatic carbocycles. The number of aryl methyl sites for hydroxylation is 2. The molecule has 2 saturated heterocycles. The molecule has 31 heavy (non-hydrogen) atoms. The number of pyridine rings is 2. The number of hydrogen-bond donors (Lipinski definition) is 0. The number of rotatable bonds is 5. The fourth-order valence-corrected chi connectivity index (χ4v) is 5.21. The van der Waals surface area contributed by atoms with Crippen LogP contribution in [-0.4, -0.2) is 75.4 Å². The zero-order valence-electron chi connectivity index (χ0n) is 18.7. The van der Waals surface area contributed by atoms with Crippen molar-refractivity contribution in [2.45, 2.75) is 26.3 Å². The first-order valence-electron chi connectivity index (χ1n) is 11.5. The Bertz CT molecular complexity index is 1010. The summed E-state index contributed by atoms with van der Waals surface area (Å²) in [6.07, 6.45) is 6.56. The van der Waals surface area contributed by atoms with E-state index in [-0.39, 0.29) is 0 Å². The van der Waals surface area contributed by atoms with E-state index in [0.29, 0.717) is 0 Å². The average Bonchev–Trinajstić information content (AvgIpc) is 3.08. The number of piperidine rings is 1. The molecule has 2 fully saturated rings. The van der Waals surface area contributed by atoms with Gasteiger partial charge in [-0.05, 0) is 56.0 Å². The Morgan fingerprint density at radius 3 is 2.71 bits per heavy atom. The smallest absolute Gasteiger partial charge is 0.157 e. The van der Waals surface area contributed by atoms with Crippen molar-refractivity contribution >= 4 is 16.9 Å². The van der Waals surface area contributed by atoms with Crippen LogP contribution in [-0.2, 0) is 13.6 Å². The van der Waals surface area contributed by atoms with Crippen molar-refractivity contribution in [3.8, 4) is 0 Å². The molecule has 3 aromatic rings. The minimum absolute atomic E-state index is 0.756. The summed E-state index contributed by atoms with van der Waals surface area (Å²) in [5.74, 6) is 1.87. The molecule has 0 amide bonds. The van der Waals surface area contributed by atoms with Gasteiger partial charge in [-0.2, -0.15) is 5.10 Å². The number of likely N-dealkylation sites (tertiary alicyclic amines) is 1. The highest BCUT2D eigenvalue weighted by Crippen LogP contribution is 2.23. The Morgan fingerprint density at radius 2 is 1.90 bits per heavy atom. The van der Waals surface area contributed by atoms with E-state index in [1.165, 1.54) is 43.4 Å². The number of aromatic nitrogens is 4. The molecule has 1 unspecified atom stereocenters. The zero-order valence-corrected chi connectivity index (χ0v) is 18.7. The minimum Gasteiger partial charge on any atom is -0.354 e. The van der Waals surface area contributed by atoms with Crippen molar-refractivity contribution in [1.29, 1.82) is 0 Å². The standard InChI is InChI=1S/C24H33N7/c1-19-22-14-21(15-26-24(22)28(2)27-19)18-30-9-5-6-20(17-30)16-29-10-12-31(13-11-29)23-7-3-4-8-25-23/h3-4,7-8,14-15,20H,5-6,9-13,16-18H2,1-2H3. The molecule has 2 aliphatic rings. The monoisotopic (exact) mass is 419 g/mol. The van der Waals surface area contributed by atoms with Gasteiger partial charge in [0.2, 0.25) is 0 Å². The van der Waals surface area contributed by atoms with E-state index in [4.69, 9.17) is 0 Å². The first kappa shape index (κ1) is 20.4. The van der Waals surface area contributed by atoms with Crippen molar-refractivity contribution in [2.75, 3.05) is 50.7 Å². The fraction of sp³-hybridized carbons (Fsp3) is 0.542. The van der Waals surface area contributed by atoms with E-state index in [1.807, 2.05) is 30.2 Å². The highest BCUT2D eigenvalue weighted by Gasteiger charge is 2.25. The van der Waals surface area contributed by atoms with Gasteiger partial charge in [0.15, 0.2) is 5.65 Å². The number of piperazine rings is 1. The lowest BCUT2D eigenvalue weighted by Gasteiger charge is -2.39. The lowest BCUT2D eigenvalue weighted by Crippen LogP contribution is -2.49. The number of fused-ring (bicyclic) bond motifs is 1. The second kappa shape index (κ2) is 8.93. The van der Waals surface area contributed by atoms with Gasteiger partial charge >= 0.3 is 0 Å². The molecule has 2 aliphatic heterocycles. The molecule has 0 bridgehead atoms. The molecule has 0 saturated carbocycles. The summed E-state index contributed by atoms with van der Waals surface area (Å²) in [4.78, 5) is 16.9. The highest BCUT2D eigenvalue weighted by molar-refractivity contribution is 5.78. The van der Waals surface area contributed by atoms with E-state index in [0.717, 1.165) is 55.8 Å². The van der Waals surface area contributed by atoms with Crippen molar-refractivity contribution in [1.82, 2.24) is 29.5 Å². The Balaban J connectivity index is 1.14. The van der Waals surface area contributed by atoms with Gasteiger partial charge in [0.25, 0.3) is 0 Å². The molecule has 7 nitrogen and oxygen atoms in total. The normalized spacial score (nSPS) is 21.1. The predicted molar refractivity (Wildman–Crippen MR) is 124 cm³/mol. The minimum atomic E-state index is 0.756. The van der Waals surface area contributed by atoms with Crippen LogP contribution in [0.5, 0.6) is 0 Å². The van der Waals surface area contributed by atoms with Crippen LogP contribution in [0.15, 0.2) is 36.7 Å². The highest BCUT2D eigenvalue weighted by atomic mass is 15.3. The summed E-state index contributed by atoms with van der Waals surface area (Å²) in [5, 5.41) is 5.69. The van der Waals surface area contributed by atoms with E-state index >= 15 is 0 Å². The molecular formula is C24H33N7. The summed E-state index contributed by atoms with van der Waals surface area (Å²) in [6, 6.07) is 8.47. The average molecular weight is 420 g/mol. The van der Waals surface area contributed by atoms with Crippen molar-refractivity contribution in [3.05, 3.63) is 47.9 Å². The van der Waals surface area contributed by atoms with Gasteiger partial charge in [-0.15, -0.1) is 0 Å². The SMILES string of the molecule is Cc1nn(C)c2ncc(CN3CCCC(CN4CCN(c5ccccn5)CC4)C3)cc12. The van der Waals surface area contributed by atoms with Crippen LogP contribution in [0.4, 0.5) is 5.82 Å². The summed E-state index contributed by atoms with van der Waals surface area (Å²) in [6.45, 7) is 11.1. The molecule has 5 rings (SSSR count). The van der Waals surface area contributed by atoms with Crippen molar-refractivity contribution in [2.24, 2.45) is 13.0 Å². The number of nitrogens with zero attached hydrogens (tertiary/aromatic N) is 7. The van der Waals surface area contributed by atoms with E-state index in [1.54, 1.807) is 0 Å². The molecule has 0 radical (unpaired) electrons. The van der Waals surface area contributed by atoms with E-state index in [9.17, 15) is 0 Å². The largest absolute Gasteiger partial charge is 0.354 e. The topological polar surface area (TPSA) is 53.3 Å². The zero-order chi connectivity index (χ0) is 21.2. The summed E-state index contributed by atoms with van der Waals surface area (Å²) in [5.41, 5.74) is 3.34. The second-order valence-electron chi connectivity index (χ2n) is 9.14. The van der Waals surface area contributed by atoms with Crippen LogP contribution in [0.1, 0.15) is 24.1 Å². The van der Waals surface area contributed by atoms with E-state index < -0.39 is 0 Å². The fourth-order valence-electron chi connectivity index (χ4n) is 5.21. The predicted octanol–water partition coefficient (Wildman–Crippen LogP) is 2.71. The quantitative estimate of drug-likeness (QED) is 0.634. The van der Waals surface area contributed by atoms with Gasteiger partial charge in [0.1, 0.15) is 5.82 Å². The molecule has 164 valence electrons. The summed E-state index contributed by atoms with van der Waals surface area (Å²) >= 11 is 0. The van der Waals surface area contributed by atoms with Gasteiger partial charge in [0.05, 0.1) is 5.69 Å². The van der Waals surface area contributed by atoms with Crippen LogP contribution in [0.25, 0.3) is 11.0 Å². The Morgan fingerprint density at radius 1 is 1.03 bits per heavy atom. The molecule has 0 spiro atoms. The van der Waals surface area contributed by atoms with Crippen LogP contribution in [0.2, 0.25) is 0 Å². The Hall–Kier alpha value is -2.51. The third kappa shape index (κ3) is 4.57. The van der Waals surface area contributed by atoms with Gasteiger partial charge < -0.3 is 4.90 Å². The number of anilines is 1. The molecule has 1 atom stereocenters. The molecular weight excluding hydrogens is 386 g/mol.